The maximum atomic E-state index is 5.11. The molecule has 0 amide bonds. The Balaban J connectivity index is 3.22. The number of hydrogen-bond donors (Lipinski definition) is 1. The van der Waals surface area contributed by atoms with Crippen LogP contribution < -0.4 is 0 Å². The fraction of sp³-hybridized carbons (Fsp3) is 0.125. The van der Waals surface area contributed by atoms with Crippen molar-refractivity contribution in [1.29, 1.82) is 0 Å². The average Bonchev–Trinajstić information content (AvgIpc) is 2.32. The summed E-state index contributed by atoms with van der Waals surface area (Å²) >= 11 is 4.80. The number of hydrogen-bond acceptors (Lipinski definition) is 2. The molecule has 1 N–H and O–H groups in total. The number of allylic oxidation sites excluding steroid dienone is 1. The fourth-order valence-electron chi connectivity index (χ4n) is 0.794. The van der Waals surface area contributed by atoms with Crippen LogP contribution in [0, 0.1) is 4.84 Å². The lowest BCUT2D eigenvalue weighted by Gasteiger charge is -1.84. The first-order valence-electron chi connectivity index (χ1n) is 3.26. The highest BCUT2D eigenvalue weighted by Gasteiger charge is 1.98. The van der Waals surface area contributed by atoms with Gasteiger partial charge in [-0.05, 0) is 31.3 Å². The van der Waals surface area contributed by atoms with Crippen LogP contribution in [0.1, 0.15) is 18.4 Å². The highest BCUT2D eigenvalue weighted by Crippen LogP contribution is 2.10. The Morgan fingerprint density at radius 1 is 1.64 bits per heavy atom. The predicted molar refractivity (Wildman–Crippen MR) is 48.7 cm³/mol. The van der Waals surface area contributed by atoms with Gasteiger partial charge in [0.2, 0.25) is 0 Å². The molecule has 0 atom stereocenters. The number of nitrogens with one attached hydrogen (secondary N) is 1. The van der Waals surface area contributed by atoms with E-state index in [4.69, 9.17) is 16.6 Å². The molecule has 0 unspecified atom stereocenters. The van der Waals surface area contributed by atoms with Gasteiger partial charge in [-0.3, -0.25) is 0 Å². The molecule has 0 saturated heterocycles. The van der Waals surface area contributed by atoms with Crippen LogP contribution in [0.4, 0.5) is 0 Å². The summed E-state index contributed by atoms with van der Waals surface area (Å²) in [6.45, 7) is 5.52. The SMILES string of the molecule is C=Cc1oc(=S)[nH]c1/C=C\C. The minimum Gasteiger partial charge on any atom is -0.429 e. The standard InChI is InChI=1S/C8H9NOS/c1-3-5-6-7(4-2)10-8(11)9-6/h3-5H,2H2,1H3,(H,9,11)/b5-3-. The monoisotopic (exact) mass is 167 g/mol. The molecule has 11 heavy (non-hydrogen) atoms. The van der Waals surface area contributed by atoms with Crippen LogP contribution in [0.5, 0.6) is 0 Å². The molecule has 0 aliphatic carbocycles. The van der Waals surface area contributed by atoms with Crippen LogP contribution in [-0.2, 0) is 0 Å². The molecule has 0 fully saturated rings. The Kier molecular flexibility index (Phi) is 2.44. The van der Waals surface area contributed by atoms with Gasteiger partial charge >= 0.3 is 0 Å². The van der Waals surface area contributed by atoms with Crippen LogP contribution in [0.2, 0.25) is 0 Å². The molecule has 1 aromatic heterocycles. The highest BCUT2D eigenvalue weighted by molar-refractivity contribution is 7.71. The van der Waals surface area contributed by atoms with Gasteiger partial charge in [-0.1, -0.05) is 12.7 Å². The summed E-state index contributed by atoms with van der Waals surface area (Å²) in [5.74, 6) is 0.688. The van der Waals surface area contributed by atoms with E-state index in [0.29, 0.717) is 10.6 Å². The molecule has 2 nitrogen and oxygen atoms in total. The fourth-order valence-corrected chi connectivity index (χ4v) is 0.994. The molecule has 0 bridgehead atoms. The van der Waals surface area contributed by atoms with Crippen LogP contribution in [-0.4, -0.2) is 4.98 Å². The van der Waals surface area contributed by atoms with Crippen molar-refractivity contribution in [1.82, 2.24) is 4.98 Å². The lowest BCUT2D eigenvalue weighted by atomic mass is 10.3. The largest absolute Gasteiger partial charge is 0.429 e. The second kappa shape index (κ2) is 3.34. The van der Waals surface area contributed by atoms with E-state index in [0.717, 1.165) is 5.69 Å². The summed E-state index contributed by atoms with van der Waals surface area (Å²) < 4.78 is 5.11. The number of aromatic nitrogens is 1. The number of H-pyrrole nitrogens is 1. The molecule has 58 valence electrons. The average molecular weight is 167 g/mol. The van der Waals surface area contributed by atoms with E-state index >= 15 is 0 Å². The van der Waals surface area contributed by atoms with Gasteiger partial charge in [-0.2, -0.15) is 0 Å². The third-order valence-corrected chi connectivity index (χ3v) is 1.41. The Morgan fingerprint density at radius 3 is 2.91 bits per heavy atom. The molecule has 3 heteroatoms. The van der Waals surface area contributed by atoms with E-state index in [-0.39, 0.29) is 0 Å². The molecule has 0 aromatic carbocycles. The first-order valence-corrected chi connectivity index (χ1v) is 3.67. The number of rotatable bonds is 2. The van der Waals surface area contributed by atoms with E-state index in [9.17, 15) is 0 Å². The van der Waals surface area contributed by atoms with Crippen molar-refractivity contribution in [3.05, 3.63) is 28.9 Å². The summed E-state index contributed by atoms with van der Waals surface area (Å²) in [5.41, 5.74) is 0.868. The summed E-state index contributed by atoms with van der Waals surface area (Å²) in [5, 5.41) is 0. The topological polar surface area (TPSA) is 28.9 Å². The van der Waals surface area contributed by atoms with Crippen molar-refractivity contribution >= 4 is 24.4 Å². The van der Waals surface area contributed by atoms with Gasteiger partial charge in [-0.15, -0.1) is 0 Å². The van der Waals surface area contributed by atoms with Crippen molar-refractivity contribution < 1.29 is 4.42 Å². The predicted octanol–water partition coefficient (Wildman–Crippen LogP) is 3.01. The number of aromatic amines is 1. The number of oxazole rings is 1. The molecule has 0 aliphatic rings. The van der Waals surface area contributed by atoms with Gasteiger partial charge in [0.15, 0.2) is 5.76 Å². The van der Waals surface area contributed by atoms with Gasteiger partial charge in [-0.25, -0.2) is 0 Å². The van der Waals surface area contributed by atoms with Crippen LogP contribution in [0.3, 0.4) is 0 Å². The van der Waals surface area contributed by atoms with Crippen molar-refractivity contribution in [2.75, 3.05) is 0 Å². The van der Waals surface area contributed by atoms with Crippen LogP contribution in [0.25, 0.3) is 12.2 Å². The van der Waals surface area contributed by atoms with Crippen molar-refractivity contribution in [2.45, 2.75) is 6.92 Å². The summed E-state index contributed by atoms with van der Waals surface area (Å²) in [6, 6.07) is 0. The molecule has 0 radical (unpaired) electrons. The third-order valence-electron chi connectivity index (χ3n) is 1.22. The molecular formula is C8H9NOS. The van der Waals surface area contributed by atoms with Crippen molar-refractivity contribution in [3.63, 3.8) is 0 Å². The van der Waals surface area contributed by atoms with E-state index < -0.39 is 0 Å². The summed E-state index contributed by atoms with van der Waals surface area (Å²) in [4.78, 5) is 3.27. The van der Waals surface area contributed by atoms with E-state index in [1.807, 2.05) is 19.1 Å². The van der Waals surface area contributed by atoms with E-state index in [1.54, 1.807) is 6.08 Å². The van der Waals surface area contributed by atoms with Gasteiger partial charge in [0.25, 0.3) is 4.84 Å². The lowest BCUT2D eigenvalue weighted by Crippen LogP contribution is -1.72. The Labute approximate surface area is 70.2 Å². The zero-order valence-electron chi connectivity index (χ0n) is 6.26. The molecule has 0 spiro atoms. The molecule has 0 saturated carbocycles. The molecule has 1 heterocycles. The first-order chi connectivity index (χ1) is 5.27. The molecule has 1 rings (SSSR count). The maximum Gasteiger partial charge on any atom is 0.266 e. The Hall–Kier alpha value is -1.09. The second-order valence-corrected chi connectivity index (χ2v) is 2.37. The van der Waals surface area contributed by atoms with Gasteiger partial charge in [0.05, 0.1) is 5.69 Å². The van der Waals surface area contributed by atoms with Gasteiger partial charge in [0, 0.05) is 0 Å². The zero-order chi connectivity index (χ0) is 8.27. The molecule has 0 aliphatic heterocycles. The summed E-state index contributed by atoms with van der Waals surface area (Å²) in [6.07, 6.45) is 5.42. The van der Waals surface area contributed by atoms with E-state index in [1.165, 1.54) is 0 Å². The third kappa shape index (κ3) is 1.68. The first kappa shape index (κ1) is 8.01. The van der Waals surface area contributed by atoms with Crippen LogP contribution in [0.15, 0.2) is 17.1 Å². The quantitative estimate of drug-likeness (QED) is 0.686. The van der Waals surface area contributed by atoms with Crippen molar-refractivity contribution in [3.8, 4) is 0 Å². The minimum absolute atomic E-state index is 0.382. The van der Waals surface area contributed by atoms with Crippen LogP contribution >= 0.6 is 12.2 Å². The van der Waals surface area contributed by atoms with E-state index in [2.05, 4.69) is 11.6 Å². The molecule has 1 aromatic rings. The maximum absolute atomic E-state index is 5.11. The zero-order valence-corrected chi connectivity index (χ0v) is 7.07. The normalized spacial score (nSPS) is 10.6. The summed E-state index contributed by atoms with van der Waals surface area (Å²) in [7, 11) is 0. The highest BCUT2D eigenvalue weighted by atomic mass is 32.1. The smallest absolute Gasteiger partial charge is 0.266 e. The Morgan fingerprint density at radius 2 is 2.36 bits per heavy atom. The minimum atomic E-state index is 0.382. The lowest BCUT2D eigenvalue weighted by molar-refractivity contribution is 0.531. The van der Waals surface area contributed by atoms with Crippen molar-refractivity contribution in [2.24, 2.45) is 0 Å². The molecular weight excluding hydrogens is 158 g/mol. The Bertz CT molecular complexity index is 332. The van der Waals surface area contributed by atoms with Gasteiger partial charge in [0.1, 0.15) is 0 Å². The second-order valence-electron chi connectivity index (χ2n) is 2.00. The van der Waals surface area contributed by atoms with Gasteiger partial charge < -0.3 is 9.40 Å².